The monoisotopic (exact) mass is 216 g/mol. The van der Waals surface area contributed by atoms with Crippen molar-refractivity contribution in [3.63, 3.8) is 0 Å². The van der Waals surface area contributed by atoms with Crippen LogP contribution in [0, 0.1) is 0 Å². The third-order valence-electron chi connectivity index (χ3n) is 3.88. The van der Waals surface area contributed by atoms with E-state index in [0.717, 1.165) is 6.54 Å². The normalized spacial score (nSPS) is 29.0. The summed E-state index contributed by atoms with van der Waals surface area (Å²) >= 11 is 0. The molecule has 1 heterocycles. The summed E-state index contributed by atoms with van der Waals surface area (Å²) in [5, 5.41) is 7.21. The Bertz CT molecular complexity index is 356. The Kier molecular flexibility index (Phi) is 2.94. The van der Waals surface area contributed by atoms with Crippen LogP contribution in [0.1, 0.15) is 24.0 Å². The lowest BCUT2D eigenvalue weighted by Gasteiger charge is -2.28. The molecule has 3 rings (SSSR count). The molecule has 2 heteroatoms. The fraction of sp³-hybridized carbons (Fsp3) is 0.571. The summed E-state index contributed by atoms with van der Waals surface area (Å²) in [4.78, 5) is 0. The van der Waals surface area contributed by atoms with Crippen LogP contribution in [0.4, 0.5) is 0 Å². The zero-order valence-electron chi connectivity index (χ0n) is 9.71. The van der Waals surface area contributed by atoms with Gasteiger partial charge in [0.2, 0.25) is 0 Å². The first-order chi connectivity index (χ1) is 7.92. The van der Waals surface area contributed by atoms with Gasteiger partial charge in [-0.25, -0.2) is 0 Å². The van der Waals surface area contributed by atoms with Gasteiger partial charge in [0.15, 0.2) is 0 Å². The van der Waals surface area contributed by atoms with Crippen LogP contribution in [0.3, 0.4) is 0 Å². The Morgan fingerprint density at radius 2 is 1.94 bits per heavy atom. The van der Waals surface area contributed by atoms with Gasteiger partial charge >= 0.3 is 0 Å². The first-order valence-corrected chi connectivity index (χ1v) is 6.45. The van der Waals surface area contributed by atoms with E-state index in [4.69, 9.17) is 0 Å². The smallest absolute Gasteiger partial charge is 0.0207 e. The molecule has 0 amide bonds. The maximum Gasteiger partial charge on any atom is 0.0207 e. The minimum Gasteiger partial charge on any atom is -0.315 e. The molecule has 1 aliphatic heterocycles. The Labute approximate surface area is 97.4 Å². The highest BCUT2D eigenvalue weighted by Crippen LogP contribution is 2.21. The number of hydrogen-bond donors (Lipinski definition) is 2. The van der Waals surface area contributed by atoms with Gasteiger partial charge in [-0.3, -0.25) is 0 Å². The minimum atomic E-state index is 0.694. The molecule has 2 N–H and O–H groups in total. The van der Waals surface area contributed by atoms with E-state index in [1.54, 1.807) is 11.1 Å². The maximum atomic E-state index is 3.80. The van der Waals surface area contributed by atoms with Gasteiger partial charge in [0.1, 0.15) is 0 Å². The average Bonchev–Trinajstić information content (AvgIpc) is 2.82. The number of fused-ring (bicyclic) bond motifs is 1. The number of benzene rings is 1. The van der Waals surface area contributed by atoms with E-state index >= 15 is 0 Å². The lowest BCUT2D eigenvalue weighted by atomic mass is 9.88. The lowest BCUT2D eigenvalue weighted by molar-refractivity contribution is 0.406. The average molecular weight is 216 g/mol. The maximum absolute atomic E-state index is 3.80. The molecule has 1 aromatic rings. The van der Waals surface area contributed by atoms with Crippen LogP contribution >= 0.6 is 0 Å². The van der Waals surface area contributed by atoms with Crippen molar-refractivity contribution in [2.75, 3.05) is 13.1 Å². The van der Waals surface area contributed by atoms with Crippen LogP contribution < -0.4 is 10.6 Å². The van der Waals surface area contributed by atoms with Gasteiger partial charge in [0.25, 0.3) is 0 Å². The molecule has 16 heavy (non-hydrogen) atoms. The molecular formula is C14H20N2. The summed E-state index contributed by atoms with van der Waals surface area (Å²) in [5.74, 6) is 0. The summed E-state index contributed by atoms with van der Waals surface area (Å²) < 4.78 is 0. The molecule has 0 saturated carbocycles. The molecule has 86 valence electrons. The van der Waals surface area contributed by atoms with Crippen LogP contribution in [-0.4, -0.2) is 25.2 Å². The van der Waals surface area contributed by atoms with Crippen LogP contribution in [0.25, 0.3) is 0 Å². The van der Waals surface area contributed by atoms with E-state index in [2.05, 4.69) is 34.9 Å². The Balaban J connectivity index is 1.63. The zero-order valence-corrected chi connectivity index (χ0v) is 9.71. The van der Waals surface area contributed by atoms with E-state index in [-0.39, 0.29) is 0 Å². The Hall–Kier alpha value is -0.860. The fourth-order valence-corrected chi connectivity index (χ4v) is 2.97. The van der Waals surface area contributed by atoms with Crippen molar-refractivity contribution < 1.29 is 0 Å². The van der Waals surface area contributed by atoms with Crippen molar-refractivity contribution in [1.29, 1.82) is 0 Å². The van der Waals surface area contributed by atoms with Crippen LogP contribution in [0.5, 0.6) is 0 Å². The second-order valence-corrected chi connectivity index (χ2v) is 5.06. The summed E-state index contributed by atoms with van der Waals surface area (Å²) in [6.07, 6.45) is 5.05. The largest absolute Gasteiger partial charge is 0.315 e. The van der Waals surface area contributed by atoms with E-state index in [0.29, 0.717) is 12.1 Å². The Morgan fingerprint density at radius 1 is 1.06 bits per heavy atom. The van der Waals surface area contributed by atoms with E-state index < -0.39 is 0 Å². The zero-order chi connectivity index (χ0) is 10.8. The first-order valence-electron chi connectivity index (χ1n) is 6.45. The minimum absolute atomic E-state index is 0.694. The molecule has 2 atom stereocenters. The van der Waals surface area contributed by atoms with Gasteiger partial charge in [-0.05, 0) is 43.4 Å². The molecule has 1 fully saturated rings. The van der Waals surface area contributed by atoms with Crippen molar-refractivity contribution in [3.05, 3.63) is 35.4 Å². The summed E-state index contributed by atoms with van der Waals surface area (Å²) in [7, 11) is 0. The molecule has 0 aromatic heterocycles. The van der Waals surface area contributed by atoms with Crippen LogP contribution in [0.15, 0.2) is 24.3 Å². The predicted molar refractivity (Wildman–Crippen MR) is 66.7 cm³/mol. The van der Waals surface area contributed by atoms with Crippen molar-refractivity contribution >= 4 is 0 Å². The number of nitrogens with one attached hydrogen (secondary N) is 2. The second-order valence-electron chi connectivity index (χ2n) is 5.06. The third-order valence-corrected chi connectivity index (χ3v) is 3.88. The van der Waals surface area contributed by atoms with Gasteiger partial charge < -0.3 is 10.6 Å². The van der Waals surface area contributed by atoms with Crippen molar-refractivity contribution in [2.45, 2.75) is 37.8 Å². The molecule has 1 saturated heterocycles. The number of rotatable bonds is 2. The summed E-state index contributed by atoms with van der Waals surface area (Å²) in [6.45, 7) is 2.33. The van der Waals surface area contributed by atoms with Gasteiger partial charge in [-0.15, -0.1) is 0 Å². The SMILES string of the molecule is c1ccc2c(c1)CCC(NC1CCNC1)C2. The van der Waals surface area contributed by atoms with Gasteiger partial charge in [0, 0.05) is 18.6 Å². The molecule has 2 aliphatic rings. The molecule has 1 aliphatic carbocycles. The van der Waals surface area contributed by atoms with Gasteiger partial charge in [0.05, 0.1) is 0 Å². The van der Waals surface area contributed by atoms with Crippen LogP contribution in [-0.2, 0) is 12.8 Å². The Morgan fingerprint density at radius 3 is 2.75 bits per heavy atom. The molecule has 0 radical (unpaired) electrons. The van der Waals surface area contributed by atoms with Crippen LogP contribution in [0.2, 0.25) is 0 Å². The highest BCUT2D eigenvalue weighted by atomic mass is 15.0. The van der Waals surface area contributed by atoms with E-state index in [1.807, 2.05) is 0 Å². The summed E-state index contributed by atoms with van der Waals surface area (Å²) in [5.41, 5.74) is 3.11. The molecule has 0 bridgehead atoms. The third kappa shape index (κ3) is 2.13. The number of aryl methyl sites for hydroxylation is 1. The van der Waals surface area contributed by atoms with Crippen molar-refractivity contribution in [3.8, 4) is 0 Å². The van der Waals surface area contributed by atoms with Crippen molar-refractivity contribution in [2.24, 2.45) is 0 Å². The quantitative estimate of drug-likeness (QED) is 0.783. The first kappa shape index (κ1) is 10.3. The highest BCUT2D eigenvalue weighted by Gasteiger charge is 2.22. The van der Waals surface area contributed by atoms with Gasteiger partial charge in [-0.2, -0.15) is 0 Å². The molecule has 1 aromatic carbocycles. The van der Waals surface area contributed by atoms with Crippen molar-refractivity contribution in [1.82, 2.24) is 10.6 Å². The lowest BCUT2D eigenvalue weighted by Crippen LogP contribution is -2.42. The van der Waals surface area contributed by atoms with Gasteiger partial charge in [-0.1, -0.05) is 24.3 Å². The predicted octanol–water partition coefficient (Wildman–Crippen LogP) is 1.50. The van der Waals surface area contributed by atoms with E-state index in [9.17, 15) is 0 Å². The molecule has 0 spiro atoms. The molecular weight excluding hydrogens is 196 g/mol. The van der Waals surface area contributed by atoms with E-state index in [1.165, 1.54) is 32.2 Å². The summed E-state index contributed by atoms with van der Waals surface area (Å²) in [6, 6.07) is 10.3. The molecule has 2 unspecified atom stereocenters. The molecule has 2 nitrogen and oxygen atoms in total. The fourth-order valence-electron chi connectivity index (χ4n) is 2.97. The topological polar surface area (TPSA) is 24.1 Å². The second kappa shape index (κ2) is 4.56. The highest BCUT2D eigenvalue weighted by molar-refractivity contribution is 5.30. The standard InChI is InChI=1S/C14H20N2/c1-2-4-12-9-13(6-5-11(12)3-1)16-14-7-8-15-10-14/h1-4,13-16H,5-10H2. The number of hydrogen-bond acceptors (Lipinski definition) is 2.